The van der Waals surface area contributed by atoms with Gasteiger partial charge in [-0.25, -0.2) is 4.68 Å². The Morgan fingerprint density at radius 2 is 1.87 bits per heavy atom. The lowest BCUT2D eigenvalue weighted by atomic mass is 10.1. The molecule has 0 bridgehead atoms. The molecule has 0 radical (unpaired) electrons. The van der Waals surface area contributed by atoms with Gasteiger partial charge in [0.15, 0.2) is 5.69 Å². The van der Waals surface area contributed by atoms with E-state index in [1.165, 1.54) is 0 Å². The quantitative estimate of drug-likeness (QED) is 0.506. The molecule has 0 N–H and O–H groups in total. The van der Waals surface area contributed by atoms with Gasteiger partial charge in [-0.3, -0.25) is 4.79 Å². The first-order valence-corrected chi connectivity index (χ1v) is 10.3. The van der Waals surface area contributed by atoms with Gasteiger partial charge in [0.05, 0.1) is 12.2 Å². The second kappa shape index (κ2) is 7.79. The largest absolute Gasteiger partial charge is 0.336 e. The Bertz CT molecular complexity index is 1210. The minimum Gasteiger partial charge on any atom is -0.336 e. The highest BCUT2D eigenvalue weighted by atomic mass is 16.5. The van der Waals surface area contributed by atoms with Crippen LogP contribution in [0.4, 0.5) is 0 Å². The van der Waals surface area contributed by atoms with Gasteiger partial charge in [0.25, 0.3) is 11.8 Å². The number of likely N-dealkylation sites (tertiary alicyclic amines) is 1. The van der Waals surface area contributed by atoms with Crippen LogP contribution in [-0.2, 0) is 0 Å². The summed E-state index contributed by atoms with van der Waals surface area (Å²) in [6, 6.07) is 15.6. The molecular weight excluding hydrogens is 392 g/mol. The predicted molar refractivity (Wildman–Crippen MR) is 114 cm³/mol. The molecule has 8 heteroatoms. The summed E-state index contributed by atoms with van der Waals surface area (Å²) in [5.74, 6) is 0.890. The van der Waals surface area contributed by atoms with Gasteiger partial charge in [-0.15, -0.1) is 5.10 Å². The maximum atomic E-state index is 12.9. The van der Waals surface area contributed by atoms with E-state index in [-0.39, 0.29) is 11.9 Å². The van der Waals surface area contributed by atoms with Gasteiger partial charge in [-0.05, 0) is 32.4 Å². The highest BCUT2D eigenvalue weighted by Crippen LogP contribution is 2.26. The van der Waals surface area contributed by atoms with Crippen LogP contribution in [0.5, 0.6) is 0 Å². The SMILES string of the molecule is Cc1cc(C)cc(C(=O)N2CC[C@@H](n3cc(-c4nc(-c5ccccc5)no4)nn3)C2)c1. The van der Waals surface area contributed by atoms with Crippen molar-refractivity contribution in [3.05, 3.63) is 71.4 Å². The van der Waals surface area contributed by atoms with Gasteiger partial charge in [-0.1, -0.05) is 57.9 Å². The van der Waals surface area contributed by atoms with Gasteiger partial charge in [0.2, 0.25) is 5.82 Å². The smallest absolute Gasteiger partial charge is 0.280 e. The summed E-state index contributed by atoms with van der Waals surface area (Å²) in [4.78, 5) is 19.2. The van der Waals surface area contributed by atoms with Crippen molar-refractivity contribution in [2.24, 2.45) is 0 Å². The summed E-state index contributed by atoms with van der Waals surface area (Å²) in [5, 5.41) is 12.5. The summed E-state index contributed by atoms with van der Waals surface area (Å²) in [5.41, 5.74) is 4.32. The van der Waals surface area contributed by atoms with Crippen LogP contribution in [-0.4, -0.2) is 49.0 Å². The summed E-state index contributed by atoms with van der Waals surface area (Å²) in [6.07, 6.45) is 2.62. The fourth-order valence-corrected chi connectivity index (χ4v) is 4.01. The second-order valence-electron chi connectivity index (χ2n) is 7.94. The first kappa shape index (κ1) is 19.2. The Kier molecular flexibility index (Phi) is 4.82. The summed E-state index contributed by atoms with van der Waals surface area (Å²) in [7, 11) is 0. The lowest BCUT2D eigenvalue weighted by molar-refractivity contribution is 0.0786. The van der Waals surface area contributed by atoms with Gasteiger partial charge < -0.3 is 9.42 Å². The monoisotopic (exact) mass is 414 g/mol. The highest BCUT2D eigenvalue weighted by molar-refractivity contribution is 5.94. The van der Waals surface area contributed by atoms with Crippen LogP contribution in [0, 0.1) is 13.8 Å². The molecule has 1 aliphatic rings. The number of hydrogen-bond donors (Lipinski definition) is 0. The predicted octanol–water partition coefficient (Wildman–Crippen LogP) is 3.70. The third kappa shape index (κ3) is 3.84. The molecule has 1 amide bonds. The molecule has 0 spiro atoms. The Hall–Kier alpha value is -3.81. The number of benzene rings is 2. The summed E-state index contributed by atoms with van der Waals surface area (Å²) < 4.78 is 7.17. The number of rotatable bonds is 4. The molecule has 2 aromatic heterocycles. The molecule has 1 saturated heterocycles. The van der Waals surface area contributed by atoms with E-state index in [9.17, 15) is 4.79 Å². The minimum absolute atomic E-state index is 0.0547. The lowest BCUT2D eigenvalue weighted by Gasteiger charge is -2.17. The van der Waals surface area contributed by atoms with Crippen molar-refractivity contribution < 1.29 is 9.32 Å². The van der Waals surface area contributed by atoms with Crippen molar-refractivity contribution in [3.8, 4) is 23.0 Å². The Labute approximate surface area is 179 Å². The standard InChI is InChI=1S/C23H22N6O2/c1-15-10-16(2)12-18(11-15)23(30)28-9-8-19(13-28)29-14-20(25-27-29)22-24-21(26-31-22)17-6-4-3-5-7-17/h3-7,10-12,14,19H,8-9,13H2,1-2H3/t19-/m1/s1. The molecule has 1 aliphatic heterocycles. The molecule has 4 aromatic rings. The molecule has 8 nitrogen and oxygen atoms in total. The maximum Gasteiger partial charge on any atom is 0.280 e. The molecule has 156 valence electrons. The molecule has 0 unspecified atom stereocenters. The van der Waals surface area contributed by atoms with Crippen molar-refractivity contribution in [2.45, 2.75) is 26.3 Å². The minimum atomic E-state index is 0.0547. The zero-order valence-corrected chi connectivity index (χ0v) is 17.4. The Morgan fingerprint density at radius 1 is 1.10 bits per heavy atom. The normalized spacial score (nSPS) is 16.1. The number of hydrogen-bond acceptors (Lipinski definition) is 6. The van der Waals surface area contributed by atoms with Crippen molar-refractivity contribution >= 4 is 5.91 Å². The molecule has 0 saturated carbocycles. The average molecular weight is 414 g/mol. The Morgan fingerprint density at radius 3 is 2.65 bits per heavy atom. The van der Waals surface area contributed by atoms with Gasteiger partial charge in [0.1, 0.15) is 0 Å². The van der Waals surface area contributed by atoms with Gasteiger partial charge in [0, 0.05) is 24.2 Å². The van der Waals surface area contributed by atoms with Gasteiger partial charge >= 0.3 is 0 Å². The fourth-order valence-electron chi connectivity index (χ4n) is 4.01. The molecule has 1 fully saturated rings. The van der Waals surface area contributed by atoms with E-state index < -0.39 is 0 Å². The zero-order valence-electron chi connectivity index (χ0n) is 17.4. The van der Waals surface area contributed by atoms with Crippen molar-refractivity contribution in [1.82, 2.24) is 30.0 Å². The molecule has 1 atom stereocenters. The maximum absolute atomic E-state index is 12.9. The van der Waals surface area contributed by atoms with Crippen LogP contribution < -0.4 is 0 Å². The van der Waals surface area contributed by atoms with E-state index in [1.54, 1.807) is 10.9 Å². The van der Waals surface area contributed by atoms with Crippen LogP contribution in [0.25, 0.3) is 23.0 Å². The van der Waals surface area contributed by atoms with E-state index in [0.29, 0.717) is 30.5 Å². The fraction of sp³-hybridized carbons (Fsp3) is 0.261. The van der Waals surface area contributed by atoms with E-state index in [4.69, 9.17) is 4.52 Å². The van der Waals surface area contributed by atoms with Crippen molar-refractivity contribution in [3.63, 3.8) is 0 Å². The summed E-state index contributed by atoms with van der Waals surface area (Å²) in [6.45, 7) is 5.29. The van der Waals surface area contributed by atoms with Crippen LogP contribution in [0.15, 0.2) is 59.3 Å². The zero-order chi connectivity index (χ0) is 21.4. The van der Waals surface area contributed by atoms with Crippen molar-refractivity contribution in [2.75, 3.05) is 13.1 Å². The average Bonchev–Trinajstić information content (AvgIpc) is 3.53. The van der Waals surface area contributed by atoms with Crippen LogP contribution in [0.1, 0.15) is 33.9 Å². The van der Waals surface area contributed by atoms with Crippen LogP contribution in [0.2, 0.25) is 0 Å². The summed E-state index contributed by atoms with van der Waals surface area (Å²) >= 11 is 0. The number of carbonyl (C=O) groups excluding carboxylic acids is 1. The van der Waals surface area contributed by atoms with Gasteiger partial charge in [-0.2, -0.15) is 4.98 Å². The number of carbonyl (C=O) groups is 1. The first-order valence-electron chi connectivity index (χ1n) is 10.3. The van der Waals surface area contributed by atoms with Crippen molar-refractivity contribution in [1.29, 1.82) is 0 Å². The molecule has 3 heterocycles. The number of amides is 1. The number of aryl methyl sites for hydroxylation is 2. The van der Waals surface area contributed by atoms with E-state index in [2.05, 4.69) is 26.5 Å². The first-order chi connectivity index (χ1) is 15.1. The molecule has 31 heavy (non-hydrogen) atoms. The number of nitrogens with zero attached hydrogens (tertiary/aromatic N) is 6. The van der Waals surface area contributed by atoms with E-state index in [0.717, 1.165) is 28.7 Å². The molecule has 2 aromatic carbocycles. The third-order valence-corrected chi connectivity index (χ3v) is 5.48. The number of aromatic nitrogens is 5. The van der Waals surface area contributed by atoms with Crippen LogP contribution in [0.3, 0.4) is 0 Å². The van der Waals surface area contributed by atoms with E-state index in [1.807, 2.05) is 61.2 Å². The van der Waals surface area contributed by atoms with Crippen LogP contribution >= 0.6 is 0 Å². The lowest BCUT2D eigenvalue weighted by Crippen LogP contribution is -2.29. The third-order valence-electron chi connectivity index (χ3n) is 5.48. The topological polar surface area (TPSA) is 89.9 Å². The molecule has 5 rings (SSSR count). The van der Waals surface area contributed by atoms with E-state index >= 15 is 0 Å². The highest BCUT2D eigenvalue weighted by Gasteiger charge is 2.29. The molecule has 0 aliphatic carbocycles. The molecular formula is C23H22N6O2. The second-order valence-corrected chi connectivity index (χ2v) is 7.94. The Balaban J connectivity index is 1.30.